The number of allylic oxidation sites excluding steroid dienone is 5. The normalized spacial score (nSPS) is 35.3. The summed E-state index contributed by atoms with van der Waals surface area (Å²) in [5.74, 6) is 2.50. The average molecular weight is 347 g/mol. The number of hydrogen-bond donors (Lipinski definition) is 1. The maximum atomic E-state index is 3.50. The van der Waals surface area contributed by atoms with Crippen molar-refractivity contribution in [1.82, 2.24) is 10.2 Å². The Bertz CT molecular complexity index is 774. The monoisotopic (exact) mass is 346 g/mol. The molecule has 2 heteroatoms. The van der Waals surface area contributed by atoms with E-state index in [1.165, 1.54) is 57.8 Å². The van der Waals surface area contributed by atoms with Crippen LogP contribution in [0, 0.1) is 17.8 Å². The van der Waals surface area contributed by atoms with Gasteiger partial charge in [0.1, 0.15) is 0 Å². The van der Waals surface area contributed by atoms with Crippen molar-refractivity contribution < 1.29 is 0 Å². The zero-order valence-corrected chi connectivity index (χ0v) is 15.7. The van der Waals surface area contributed by atoms with E-state index in [0.717, 1.165) is 18.4 Å². The first-order valence-corrected chi connectivity index (χ1v) is 10.9. The predicted octanol–water partition coefficient (Wildman–Crippen LogP) is 5.19. The van der Waals surface area contributed by atoms with Gasteiger partial charge in [0.2, 0.25) is 0 Å². The van der Waals surface area contributed by atoms with E-state index < -0.39 is 0 Å². The molecule has 1 saturated heterocycles. The second-order valence-corrected chi connectivity index (χ2v) is 9.14. The largest absolute Gasteiger partial charge is 0.387 e. The van der Waals surface area contributed by atoms with E-state index in [4.69, 9.17) is 0 Å². The molecule has 136 valence electrons. The fraction of sp³-hybridized carbons (Fsp3) is 0.583. The molecule has 3 heterocycles. The highest BCUT2D eigenvalue weighted by Gasteiger charge is 2.47. The van der Waals surface area contributed by atoms with E-state index in [9.17, 15) is 0 Å². The van der Waals surface area contributed by atoms with E-state index in [2.05, 4.69) is 40.7 Å². The van der Waals surface area contributed by atoms with Crippen LogP contribution in [0.4, 0.5) is 0 Å². The molecule has 0 bridgehead atoms. The van der Waals surface area contributed by atoms with Crippen molar-refractivity contribution in [2.24, 2.45) is 17.8 Å². The van der Waals surface area contributed by atoms with Crippen molar-refractivity contribution >= 4 is 0 Å². The van der Waals surface area contributed by atoms with Gasteiger partial charge in [0.15, 0.2) is 0 Å². The molecule has 0 radical (unpaired) electrons. The van der Waals surface area contributed by atoms with Crippen LogP contribution in [0.25, 0.3) is 0 Å². The molecule has 0 aromatic rings. The summed E-state index contributed by atoms with van der Waals surface area (Å²) in [5, 5.41) is 3.50. The molecule has 3 atom stereocenters. The summed E-state index contributed by atoms with van der Waals surface area (Å²) in [6.45, 7) is 0.984. The van der Waals surface area contributed by atoms with Crippen molar-refractivity contribution in [3.8, 4) is 0 Å². The lowest BCUT2D eigenvalue weighted by Gasteiger charge is -2.39. The van der Waals surface area contributed by atoms with Crippen molar-refractivity contribution in [2.75, 3.05) is 6.54 Å². The molecule has 2 fully saturated rings. The van der Waals surface area contributed by atoms with Crippen molar-refractivity contribution in [3.63, 3.8) is 0 Å². The minimum absolute atomic E-state index is 0.577. The molecule has 26 heavy (non-hydrogen) atoms. The quantitative estimate of drug-likeness (QED) is 0.740. The molecule has 3 aliphatic heterocycles. The minimum atomic E-state index is 0.577. The molecule has 0 aromatic heterocycles. The van der Waals surface area contributed by atoms with Crippen molar-refractivity contribution in [3.05, 3.63) is 58.6 Å². The number of dihydropyridines is 1. The molecule has 0 spiro atoms. The second kappa shape index (κ2) is 5.90. The van der Waals surface area contributed by atoms with Gasteiger partial charge < -0.3 is 10.2 Å². The molecule has 3 unspecified atom stereocenters. The Morgan fingerprint density at radius 1 is 1.08 bits per heavy atom. The zero-order chi connectivity index (χ0) is 17.1. The van der Waals surface area contributed by atoms with E-state index in [1.807, 2.05) is 0 Å². The summed E-state index contributed by atoms with van der Waals surface area (Å²) < 4.78 is 0. The van der Waals surface area contributed by atoms with Gasteiger partial charge in [-0.25, -0.2) is 0 Å². The van der Waals surface area contributed by atoms with Crippen molar-refractivity contribution in [2.45, 2.75) is 63.8 Å². The molecule has 6 rings (SSSR count). The van der Waals surface area contributed by atoms with Crippen LogP contribution >= 0.6 is 0 Å². The van der Waals surface area contributed by atoms with Crippen LogP contribution in [-0.2, 0) is 0 Å². The lowest BCUT2D eigenvalue weighted by Crippen LogP contribution is -2.35. The van der Waals surface area contributed by atoms with Gasteiger partial charge in [-0.3, -0.25) is 0 Å². The van der Waals surface area contributed by atoms with Gasteiger partial charge in [-0.15, -0.1) is 0 Å². The van der Waals surface area contributed by atoms with Gasteiger partial charge in [-0.2, -0.15) is 0 Å². The summed E-state index contributed by atoms with van der Waals surface area (Å²) in [4.78, 5) is 2.81. The van der Waals surface area contributed by atoms with Crippen LogP contribution in [0.3, 0.4) is 0 Å². The predicted molar refractivity (Wildman–Crippen MR) is 106 cm³/mol. The highest BCUT2D eigenvalue weighted by Crippen LogP contribution is 2.55. The first kappa shape index (κ1) is 15.4. The number of nitrogens with zero attached hydrogens (tertiary/aromatic N) is 1. The van der Waals surface area contributed by atoms with Crippen LogP contribution in [0.1, 0.15) is 57.8 Å². The summed E-state index contributed by atoms with van der Waals surface area (Å²) >= 11 is 0. The molecule has 1 N–H and O–H groups in total. The first-order valence-electron chi connectivity index (χ1n) is 10.9. The number of hydrogen-bond acceptors (Lipinski definition) is 2. The lowest BCUT2D eigenvalue weighted by atomic mass is 9.70. The number of nitrogens with one attached hydrogen (secondary N) is 1. The Kier molecular flexibility index (Phi) is 3.49. The Labute approximate surface area is 157 Å². The van der Waals surface area contributed by atoms with E-state index in [-0.39, 0.29) is 0 Å². The first-order chi connectivity index (χ1) is 12.9. The maximum absolute atomic E-state index is 3.50. The Hall–Kier alpha value is -1.70. The van der Waals surface area contributed by atoms with Gasteiger partial charge in [-0.05, 0) is 67.6 Å². The third-order valence-corrected chi connectivity index (χ3v) is 7.83. The van der Waals surface area contributed by atoms with E-state index in [1.54, 1.807) is 28.1 Å². The highest BCUT2D eigenvalue weighted by molar-refractivity contribution is 5.54. The van der Waals surface area contributed by atoms with E-state index in [0.29, 0.717) is 12.0 Å². The highest BCUT2D eigenvalue weighted by atomic mass is 15.2. The molecule has 3 aliphatic carbocycles. The SMILES string of the molecule is C1=CC2=CCC3=C4C(CCC3CC3CCC3)C3=CNCC=C3N4C2CC1. The van der Waals surface area contributed by atoms with Gasteiger partial charge in [0, 0.05) is 35.6 Å². The van der Waals surface area contributed by atoms with Crippen LogP contribution in [0.2, 0.25) is 0 Å². The van der Waals surface area contributed by atoms with E-state index >= 15 is 0 Å². The zero-order valence-electron chi connectivity index (χ0n) is 15.7. The smallest absolute Gasteiger partial charge is 0.0588 e. The van der Waals surface area contributed by atoms with Crippen molar-refractivity contribution in [1.29, 1.82) is 0 Å². The van der Waals surface area contributed by atoms with Gasteiger partial charge in [0.25, 0.3) is 0 Å². The average Bonchev–Trinajstić information content (AvgIpc) is 2.87. The molecule has 0 amide bonds. The summed E-state index contributed by atoms with van der Waals surface area (Å²) in [5.41, 5.74) is 8.24. The molecule has 6 aliphatic rings. The number of rotatable bonds is 2. The summed E-state index contributed by atoms with van der Waals surface area (Å²) in [7, 11) is 0. The summed E-state index contributed by atoms with van der Waals surface area (Å²) in [6, 6.07) is 0.577. The maximum Gasteiger partial charge on any atom is 0.0588 e. The van der Waals surface area contributed by atoms with Gasteiger partial charge in [0.05, 0.1) is 6.04 Å². The van der Waals surface area contributed by atoms with Gasteiger partial charge >= 0.3 is 0 Å². The molecule has 0 aromatic carbocycles. The van der Waals surface area contributed by atoms with Crippen LogP contribution in [0.5, 0.6) is 0 Å². The minimum Gasteiger partial charge on any atom is -0.387 e. The molecule has 2 nitrogen and oxygen atoms in total. The van der Waals surface area contributed by atoms with Crippen LogP contribution < -0.4 is 5.32 Å². The van der Waals surface area contributed by atoms with Crippen LogP contribution in [0.15, 0.2) is 58.6 Å². The molecular formula is C24H30N2. The fourth-order valence-electron chi connectivity index (χ4n) is 6.36. The fourth-order valence-corrected chi connectivity index (χ4v) is 6.36. The Morgan fingerprint density at radius 3 is 2.92 bits per heavy atom. The lowest BCUT2D eigenvalue weighted by molar-refractivity contribution is 0.238. The molecule has 1 saturated carbocycles. The Morgan fingerprint density at radius 2 is 2.04 bits per heavy atom. The molecular weight excluding hydrogens is 316 g/mol. The Balaban J connectivity index is 1.48. The standard InChI is InChI=1S/C24H30N2/c1-2-7-22-17(6-1)8-10-19-18(14-16-4-3-5-16)9-11-20-21-15-25-13-12-23(21)26(22)24(19)20/h1,6,8,12,15-16,18,20,22,25H,2-5,7,9-11,13-14H2. The van der Waals surface area contributed by atoms with Gasteiger partial charge in [-0.1, -0.05) is 37.5 Å². The third-order valence-electron chi connectivity index (χ3n) is 7.83. The third kappa shape index (κ3) is 2.17. The summed E-state index contributed by atoms with van der Waals surface area (Å²) in [6.07, 6.45) is 24.6. The number of fused-ring (bicyclic) bond motifs is 5. The second-order valence-electron chi connectivity index (χ2n) is 9.14. The van der Waals surface area contributed by atoms with Crippen LogP contribution in [-0.4, -0.2) is 17.5 Å². The topological polar surface area (TPSA) is 15.3 Å².